The monoisotopic (exact) mass is 273 g/mol. The van der Waals surface area contributed by atoms with Crippen molar-refractivity contribution in [1.29, 1.82) is 0 Å². The Kier molecular flexibility index (Phi) is 4.79. The largest absolute Gasteiger partial charge is 0.494 e. The molecule has 20 heavy (non-hydrogen) atoms. The van der Waals surface area contributed by atoms with Gasteiger partial charge in [-0.3, -0.25) is 0 Å². The number of para-hydroxylation sites is 2. The summed E-state index contributed by atoms with van der Waals surface area (Å²) in [6.07, 6.45) is 2.17. The molecule has 0 aliphatic rings. The van der Waals surface area contributed by atoms with Crippen LogP contribution in [0.5, 0.6) is 5.75 Å². The quantitative estimate of drug-likeness (QED) is 0.822. The number of nitrogens with zero attached hydrogens (tertiary/aromatic N) is 2. The van der Waals surface area contributed by atoms with Crippen molar-refractivity contribution in [3.05, 3.63) is 41.2 Å². The summed E-state index contributed by atoms with van der Waals surface area (Å²) < 4.78 is 7.42. The van der Waals surface area contributed by atoms with E-state index >= 15 is 0 Å². The van der Waals surface area contributed by atoms with E-state index in [2.05, 4.69) is 24.3 Å². The van der Waals surface area contributed by atoms with E-state index in [1.165, 1.54) is 11.3 Å². The van der Waals surface area contributed by atoms with Gasteiger partial charge >= 0.3 is 0 Å². The second kappa shape index (κ2) is 6.57. The molecule has 1 N–H and O–H groups in total. The lowest BCUT2D eigenvalue weighted by Crippen LogP contribution is -2.09. The maximum Gasteiger partial charge on any atom is 0.144 e. The second-order valence-electron chi connectivity index (χ2n) is 4.94. The van der Waals surface area contributed by atoms with Crippen molar-refractivity contribution >= 4 is 0 Å². The molecule has 0 spiro atoms. The van der Waals surface area contributed by atoms with Crippen molar-refractivity contribution in [2.75, 3.05) is 20.7 Å². The molecule has 0 radical (unpaired) electrons. The number of nitrogens with one attached hydrogen (secondary N) is 1. The second-order valence-corrected chi connectivity index (χ2v) is 4.94. The lowest BCUT2D eigenvalue weighted by atomic mass is 10.1. The van der Waals surface area contributed by atoms with E-state index in [9.17, 15) is 0 Å². The van der Waals surface area contributed by atoms with E-state index in [4.69, 9.17) is 4.74 Å². The molecular weight excluding hydrogens is 250 g/mol. The van der Waals surface area contributed by atoms with E-state index in [1.54, 1.807) is 7.11 Å². The molecule has 0 bridgehead atoms. The zero-order valence-electron chi connectivity index (χ0n) is 12.7. The minimum atomic E-state index is 0.847. The number of rotatable bonds is 6. The van der Waals surface area contributed by atoms with Crippen LogP contribution in [-0.4, -0.2) is 30.5 Å². The fourth-order valence-corrected chi connectivity index (χ4v) is 2.52. The number of methoxy groups -OCH3 is 1. The molecule has 0 amide bonds. The van der Waals surface area contributed by atoms with E-state index < -0.39 is 0 Å². The molecule has 4 nitrogen and oxygen atoms in total. The van der Waals surface area contributed by atoms with Gasteiger partial charge in [-0.15, -0.1) is 0 Å². The molecule has 0 fully saturated rings. The molecule has 4 heteroatoms. The Hall–Kier alpha value is -1.81. The van der Waals surface area contributed by atoms with Crippen molar-refractivity contribution in [3.63, 3.8) is 0 Å². The summed E-state index contributed by atoms with van der Waals surface area (Å²) in [6.45, 7) is 5.23. The molecule has 1 aromatic heterocycles. The Balaban J connectivity index is 2.36. The molecule has 0 aliphatic heterocycles. The number of aromatic nitrogens is 2. The van der Waals surface area contributed by atoms with Crippen LogP contribution in [0.4, 0.5) is 0 Å². The Morgan fingerprint density at radius 1 is 1.25 bits per heavy atom. The van der Waals surface area contributed by atoms with Gasteiger partial charge in [-0.2, -0.15) is 5.10 Å². The minimum absolute atomic E-state index is 0.847. The van der Waals surface area contributed by atoms with Crippen LogP contribution in [0, 0.1) is 13.8 Å². The van der Waals surface area contributed by atoms with Gasteiger partial charge in [0.05, 0.1) is 12.8 Å². The number of ether oxygens (including phenoxy) is 1. The standard InChI is InChI=1S/C16H23N3O/c1-12-14(8-7-11-17-3)13(2)19(18-12)15-9-5-6-10-16(15)20-4/h5-6,9-10,17H,7-8,11H2,1-4H3. The van der Waals surface area contributed by atoms with Crippen molar-refractivity contribution in [2.45, 2.75) is 26.7 Å². The van der Waals surface area contributed by atoms with E-state index in [-0.39, 0.29) is 0 Å². The first kappa shape index (κ1) is 14.6. The summed E-state index contributed by atoms with van der Waals surface area (Å²) in [7, 11) is 3.68. The van der Waals surface area contributed by atoms with E-state index in [1.807, 2.05) is 36.0 Å². The van der Waals surface area contributed by atoms with Crippen LogP contribution in [0.25, 0.3) is 5.69 Å². The summed E-state index contributed by atoms with van der Waals surface area (Å²) in [5.74, 6) is 0.847. The Labute approximate surface area is 120 Å². The Morgan fingerprint density at radius 2 is 2.00 bits per heavy atom. The average Bonchev–Trinajstić information content (AvgIpc) is 2.75. The van der Waals surface area contributed by atoms with E-state index in [0.717, 1.165) is 36.5 Å². The van der Waals surface area contributed by atoms with Gasteiger partial charge in [0, 0.05) is 5.69 Å². The van der Waals surface area contributed by atoms with Crippen LogP contribution >= 0.6 is 0 Å². The molecule has 0 saturated carbocycles. The number of hydrogen-bond donors (Lipinski definition) is 1. The lowest BCUT2D eigenvalue weighted by molar-refractivity contribution is 0.411. The Morgan fingerprint density at radius 3 is 2.70 bits per heavy atom. The molecule has 0 aliphatic carbocycles. The fraction of sp³-hybridized carbons (Fsp3) is 0.438. The van der Waals surface area contributed by atoms with Gasteiger partial charge in [0.25, 0.3) is 0 Å². The van der Waals surface area contributed by atoms with Crippen LogP contribution in [0.15, 0.2) is 24.3 Å². The first-order chi connectivity index (χ1) is 9.69. The third-order valence-electron chi connectivity index (χ3n) is 3.61. The highest BCUT2D eigenvalue weighted by Crippen LogP contribution is 2.25. The van der Waals surface area contributed by atoms with Crippen LogP contribution in [0.3, 0.4) is 0 Å². The SMILES string of the molecule is CNCCCc1c(C)nn(-c2ccccc2OC)c1C. The predicted molar refractivity (Wildman–Crippen MR) is 81.8 cm³/mol. The summed E-state index contributed by atoms with van der Waals surface area (Å²) >= 11 is 0. The fourth-order valence-electron chi connectivity index (χ4n) is 2.52. The summed E-state index contributed by atoms with van der Waals surface area (Å²) in [6, 6.07) is 7.99. The maximum atomic E-state index is 5.43. The smallest absolute Gasteiger partial charge is 0.144 e. The van der Waals surface area contributed by atoms with Gasteiger partial charge in [0.1, 0.15) is 11.4 Å². The van der Waals surface area contributed by atoms with Crippen LogP contribution in [0.1, 0.15) is 23.4 Å². The summed E-state index contributed by atoms with van der Waals surface area (Å²) in [4.78, 5) is 0. The first-order valence-corrected chi connectivity index (χ1v) is 7.02. The van der Waals surface area contributed by atoms with Crippen LogP contribution in [0.2, 0.25) is 0 Å². The van der Waals surface area contributed by atoms with Crippen LogP contribution in [-0.2, 0) is 6.42 Å². The third kappa shape index (κ3) is 2.85. The third-order valence-corrected chi connectivity index (χ3v) is 3.61. The van der Waals surface area contributed by atoms with Gasteiger partial charge in [-0.25, -0.2) is 4.68 Å². The highest BCUT2D eigenvalue weighted by Gasteiger charge is 2.14. The lowest BCUT2D eigenvalue weighted by Gasteiger charge is -2.10. The molecule has 0 unspecified atom stereocenters. The molecule has 2 aromatic rings. The molecule has 0 atom stereocenters. The maximum absolute atomic E-state index is 5.43. The van der Waals surface area contributed by atoms with E-state index in [0.29, 0.717) is 0 Å². The predicted octanol–water partition coefficient (Wildman–Crippen LogP) is 2.65. The molecule has 1 heterocycles. The normalized spacial score (nSPS) is 10.8. The van der Waals surface area contributed by atoms with Crippen molar-refractivity contribution in [1.82, 2.24) is 15.1 Å². The van der Waals surface area contributed by atoms with Gasteiger partial charge in [-0.1, -0.05) is 12.1 Å². The van der Waals surface area contributed by atoms with Gasteiger partial charge in [0.15, 0.2) is 0 Å². The topological polar surface area (TPSA) is 39.1 Å². The van der Waals surface area contributed by atoms with Crippen molar-refractivity contribution < 1.29 is 4.74 Å². The molecule has 108 valence electrons. The molecule has 0 saturated heterocycles. The van der Waals surface area contributed by atoms with Crippen LogP contribution < -0.4 is 10.1 Å². The van der Waals surface area contributed by atoms with Gasteiger partial charge < -0.3 is 10.1 Å². The summed E-state index contributed by atoms with van der Waals surface area (Å²) in [5.41, 5.74) is 4.63. The first-order valence-electron chi connectivity index (χ1n) is 7.02. The Bertz CT molecular complexity index is 575. The van der Waals surface area contributed by atoms with Gasteiger partial charge in [-0.05, 0) is 58.0 Å². The van der Waals surface area contributed by atoms with Crippen molar-refractivity contribution in [2.24, 2.45) is 0 Å². The van der Waals surface area contributed by atoms with Crippen molar-refractivity contribution in [3.8, 4) is 11.4 Å². The molecule has 1 aromatic carbocycles. The number of hydrogen-bond acceptors (Lipinski definition) is 3. The zero-order chi connectivity index (χ0) is 14.5. The highest BCUT2D eigenvalue weighted by atomic mass is 16.5. The average molecular weight is 273 g/mol. The molecular formula is C16H23N3O. The highest BCUT2D eigenvalue weighted by molar-refractivity contribution is 5.48. The zero-order valence-corrected chi connectivity index (χ0v) is 12.7. The number of benzene rings is 1. The molecule has 2 rings (SSSR count). The van der Waals surface area contributed by atoms with Gasteiger partial charge in [0.2, 0.25) is 0 Å². The minimum Gasteiger partial charge on any atom is -0.494 e. The number of aryl methyl sites for hydroxylation is 1. The summed E-state index contributed by atoms with van der Waals surface area (Å²) in [5, 5.41) is 7.87.